The van der Waals surface area contributed by atoms with Gasteiger partial charge in [-0.2, -0.15) is 0 Å². The predicted molar refractivity (Wildman–Crippen MR) is 90.2 cm³/mol. The number of morpholine rings is 1. The number of benzene rings is 1. The average Bonchev–Trinajstić information content (AvgIpc) is 2.45. The smallest absolute Gasteiger partial charge is 0.0594 e. The average molecular weight is 290 g/mol. The Kier molecular flexibility index (Phi) is 5.28. The normalized spacial score (nSPS) is 18.5. The van der Waals surface area contributed by atoms with E-state index in [0.717, 1.165) is 32.8 Å². The lowest BCUT2D eigenvalue weighted by molar-refractivity contribution is 0.0290. The van der Waals surface area contributed by atoms with E-state index < -0.39 is 0 Å². The lowest BCUT2D eigenvalue weighted by atomic mass is 9.76. The van der Waals surface area contributed by atoms with E-state index in [4.69, 9.17) is 4.74 Å². The number of rotatable bonds is 4. The zero-order chi connectivity index (χ0) is 15.5. The van der Waals surface area contributed by atoms with Gasteiger partial charge in [0, 0.05) is 45.3 Å². The first-order chi connectivity index (χ1) is 9.88. The van der Waals surface area contributed by atoms with Crippen molar-refractivity contribution in [1.29, 1.82) is 0 Å². The van der Waals surface area contributed by atoms with Crippen LogP contribution in [0.4, 0.5) is 5.69 Å². The summed E-state index contributed by atoms with van der Waals surface area (Å²) in [6, 6.07) is 9.05. The van der Waals surface area contributed by atoms with Crippen LogP contribution in [0.5, 0.6) is 0 Å². The summed E-state index contributed by atoms with van der Waals surface area (Å²) in [5, 5.41) is 0. The predicted octanol–water partition coefficient (Wildman–Crippen LogP) is 3.21. The van der Waals surface area contributed by atoms with E-state index in [9.17, 15) is 0 Å². The molecule has 118 valence electrons. The Labute approximate surface area is 129 Å². The van der Waals surface area contributed by atoms with Gasteiger partial charge in [-0.1, -0.05) is 32.9 Å². The maximum absolute atomic E-state index is 5.47. The first kappa shape index (κ1) is 16.3. The lowest BCUT2D eigenvalue weighted by Crippen LogP contribution is -2.41. The minimum absolute atomic E-state index is 0.262. The SMILES string of the molecule is CN(C)c1ccc(C(CN2CCOCC2)C(C)(C)C)cc1. The molecule has 0 amide bonds. The summed E-state index contributed by atoms with van der Waals surface area (Å²) in [6.07, 6.45) is 0. The summed E-state index contributed by atoms with van der Waals surface area (Å²) in [5.74, 6) is 0.548. The van der Waals surface area contributed by atoms with Gasteiger partial charge in [-0.25, -0.2) is 0 Å². The van der Waals surface area contributed by atoms with Crippen LogP contribution in [0.1, 0.15) is 32.3 Å². The highest BCUT2D eigenvalue weighted by Crippen LogP contribution is 2.36. The third-order valence-electron chi connectivity index (χ3n) is 4.40. The molecule has 21 heavy (non-hydrogen) atoms. The number of nitrogens with zero attached hydrogens (tertiary/aromatic N) is 2. The Morgan fingerprint density at radius 3 is 2.14 bits per heavy atom. The molecule has 1 heterocycles. The minimum atomic E-state index is 0.262. The molecular weight excluding hydrogens is 260 g/mol. The second kappa shape index (κ2) is 6.80. The number of hydrogen-bond acceptors (Lipinski definition) is 3. The zero-order valence-corrected chi connectivity index (χ0v) is 14.2. The van der Waals surface area contributed by atoms with Crippen LogP contribution in [0, 0.1) is 5.41 Å². The van der Waals surface area contributed by atoms with E-state index in [2.05, 4.69) is 68.9 Å². The molecule has 1 saturated heterocycles. The van der Waals surface area contributed by atoms with Crippen molar-refractivity contribution in [2.45, 2.75) is 26.7 Å². The van der Waals surface area contributed by atoms with E-state index in [1.807, 2.05) is 0 Å². The number of anilines is 1. The number of hydrogen-bond donors (Lipinski definition) is 0. The van der Waals surface area contributed by atoms with E-state index in [-0.39, 0.29) is 5.41 Å². The summed E-state index contributed by atoms with van der Waals surface area (Å²) in [5.41, 5.74) is 2.97. The molecule has 1 unspecified atom stereocenters. The van der Waals surface area contributed by atoms with Gasteiger partial charge in [0.15, 0.2) is 0 Å². The molecular formula is C18H30N2O. The van der Waals surface area contributed by atoms with Gasteiger partial charge in [0.25, 0.3) is 0 Å². The molecule has 1 aromatic carbocycles. The van der Waals surface area contributed by atoms with E-state index in [1.54, 1.807) is 0 Å². The first-order valence-electron chi connectivity index (χ1n) is 7.95. The van der Waals surface area contributed by atoms with Crippen LogP contribution < -0.4 is 4.90 Å². The molecule has 0 bridgehead atoms. The highest BCUT2D eigenvalue weighted by molar-refractivity contribution is 5.46. The van der Waals surface area contributed by atoms with Crippen LogP contribution >= 0.6 is 0 Å². The fourth-order valence-corrected chi connectivity index (χ4v) is 2.93. The van der Waals surface area contributed by atoms with Crippen LogP contribution in [0.25, 0.3) is 0 Å². The highest BCUT2D eigenvalue weighted by atomic mass is 16.5. The van der Waals surface area contributed by atoms with E-state index in [0.29, 0.717) is 5.92 Å². The van der Waals surface area contributed by atoms with Crippen LogP contribution in [0.3, 0.4) is 0 Å². The molecule has 1 aromatic rings. The summed E-state index contributed by atoms with van der Waals surface area (Å²) in [7, 11) is 4.17. The fraction of sp³-hybridized carbons (Fsp3) is 0.667. The summed E-state index contributed by atoms with van der Waals surface area (Å²) < 4.78 is 5.47. The standard InChI is InChI=1S/C18H30N2O/c1-18(2,3)17(14-20-10-12-21-13-11-20)15-6-8-16(9-7-15)19(4)5/h6-9,17H,10-14H2,1-5H3. The molecule has 3 nitrogen and oxygen atoms in total. The van der Waals surface area contributed by atoms with Gasteiger partial charge in [-0.15, -0.1) is 0 Å². The Morgan fingerprint density at radius 2 is 1.67 bits per heavy atom. The third kappa shape index (κ3) is 4.45. The molecule has 0 saturated carbocycles. The van der Waals surface area contributed by atoms with Crippen molar-refractivity contribution in [3.05, 3.63) is 29.8 Å². The molecule has 3 heteroatoms. The van der Waals surface area contributed by atoms with Crippen LogP contribution in [0.2, 0.25) is 0 Å². The van der Waals surface area contributed by atoms with Crippen molar-refractivity contribution in [1.82, 2.24) is 4.90 Å². The Morgan fingerprint density at radius 1 is 1.10 bits per heavy atom. The van der Waals surface area contributed by atoms with E-state index in [1.165, 1.54) is 11.3 Å². The molecule has 1 aliphatic heterocycles. The topological polar surface area (TPSA) is 15.7 Å². The number of ether oxygens (including phenoxy) is 1. The molecule has 0 aromatic heterocycles. The Balaban J connectivity index is 2.15. The second-order valence-electron chi connectivity index (χ2n) is 7.32. The summed E-state index contributed by atoms with van der Waals surface area (Å²) in [4.78, 5) is 4.69. The Bertz CT molecular complexity index is 428. The molecule has 0 aliphatic carbocycles. The van der Waals surface area contributed by atoms with Crippen molar-refractivity contribution in [3.63, 3.8) is 0 Å². The van der Waals surface area contributed by atoms with Crippen molar-refractivity contribution in [2.75, 3.05) is 51.8 Å². The van der Waals surface area contributed by atoms with Gasteiger partial charge < -0.3 is 9.64 Å². The van der Waals surface area contributed by atoms with Gasteiger partial charge in [0.2, 0.25) is 0 Å². The molecule has 0 spiro atoms. The van der Waals surface area contributed by atoms with Crippen molar-refractivity contribution >= 4 is 5.69 Å². The monoisotopic (exact) mass is 290 g/mol. The zero-order valence-electron chi connectivity index (χ0n) is 14.2. The summed E-state index contributed by atoms with van der Waals surface area (Å²) in [6.45, 7) is 12.0. The molecule has 1 atom stereocenters. The van der Waals surface area contributed by atoms with E-state index >= 15 is 0 Å². The summed E-state index contributed by atoms with van der Waals surface area (Å²) >= 11 is 0. The molecule has 2 rings (SSSR count). The maximum Gasteiger partial charge on any atom is 0.0594 e. The molecule has 1 aliphatic rings. The van der Waals surface area contributed by atoms with Gasteiger partial charge in [-0.3, -0.25) is 4.90 Å². The molecule has 1 fully saturated rings. The fourth-order valence-electron chi connectivity index (χ4n) is 2.93. The maximum atomic E-state index is 5.47. The van der Waals surface area contributed by atoms with Crippen LogP contribution in [-0.2, 0) is 4.74 Å². The van der Waals surface area contributed by atoms with Gasteiger partial charge in [0.05, 0.1) is 13.2 Å². The van der Waals surface area contributed by atoms with Crippen molar-refractivity contribution in [3.8, 4) is 0 Å². The third-order valence-corrected chi connectivity index (χ3v) is 4.40. The second-order valence-corrected chi connectivity index (χ2v) is 7.32. The quantitative estimate of drug-likeness (QED) is 0.847. The van der Waals surface area contributed by atoms with Gasteiger partial charge in [-0.05, 0) is 23.1 Å². The Hall–Kier alpha value is -1.06. The largest absolute Gasteiger partial charge is 0.379 e. The molecule has 0 N–H and O–H groups in total. The minimum Gasteiger partial charge on any atom is -0.379 e. The van der Waals surface area contributed by atoms with Crippen molar-refractivity contribution < 1.29 is 4.74 Å². The molecule has 0 radical (unpaired) electrons. The van der Waals surface area contributed by atoms with Crippen LogP contribution in [-0.4, -0.2) is 51.8 Å². The first-order valence-corrected chi connectivity index (χ1v) is 7.95. The van der Waals surface area contributed by atoms with Crippen molar-refractivity contribution in [2.24, 2.45) is 5.41 Å². The lowest BCUT2D eigenvalue weighted by Gasteiger charge is -2.37. The highest BCUT2D eigenvalue weighted by Gasteiger charge is 2.28. The van der Waals surface area contributed by atoms with Gasteiger partial charge in [0.1, 0.15) is 0 Å². The van der Waals surface area contributed by atoms with Gasteiger partial charge >= 0.3 is 0 Å². The van der Waals surface area contributed by atoms with Crippen LogP contribution in [0.15, 0.2) is 24.3 Å².